The molecule has 47 heavy (non-hydrogen) atoms. The Morgan fingerprint density at radius 2 is 1.06 bits per heavy atom. The second kappa shape index (κ2) is 11.2. The summed E-state index contributed by atoms with van der Waals surface area (Å²) in [6.07, 6.45) is 0. The van der Waals surface area contributed by atoms with E-state index < -0.39 is 177 Å². The number of hydrogen-bond donors (Lipinski definition) is 0. The molecule has 0 aliphatic rings. The van der Waals surface area contributed by atoms with E-state index in [1.54, 1.807) is 30.3 Å². The maximum Gasteiger partial charge on any atom is 0.164 e. The molecule has 9 aromatic rings. The van der Waals surface area contributed by atoms with Gasteiger partial charge in [-0.25, -0.2) is 15.0 Å². The SMILES string of the molecule is [2H]c1cc([2H])c(-c2c([2H])c([2H])c(-c3c([2H])c([2H])c4c([2H])c([2H])c([2H])c([2H])c4c3[2H])c([2H])c2[2H])c([2H])c1-c1nc(-c2ccccc2)nc(-c2c([2H])c([2H])c([2H])c3oc4c([2H])c([2H])c([2H])c([2H])c4c23)n1. The van der Waals surface area contributed by atoms with Gasteiger partial charge in [0.2, 0.25) is 0 Å². The largest absolute Gasteiger partial charge is 0.456 e. The van der Waals surface area contributed by atoms with Crippen molar-refractivity contribution in [3.05, 3.63) is 163 Å². The first-order valence-corrected chi connectivity index (χ1v) is 14.0. The minimum absolute atomic E-state index is 0.135. The van der Waals surface area contributed by atoms with Crippen LogP contribution in [0.5, 0.6) is 0 Å². The van der Waals surface area contributed by atoms with Gasteiger partial charge in [-0.2, -0.15) is 0 Å². The molecule has 0 bridgehead atoms. The van der Waals surface area contributed by atoms with E-state index in [2.05, 4.69) is 15.0 Å². The van der Waals surface area contributed by atoms with Crippen molar-refractivity contribution < 1.29 is 33.2 Å². The molecule has 9 rings (SSSR count). The lowest BCUT2D eigenvalue weighted by atomic mass is 9.97. The minimum atomic E-state index is -0.895. The van der Waals surface area contributed by atoms with E-state index in [1.165, 1.54) is 0 Å². The molecule has 4 heteroatoms. The molecule has 7 aromatic carbocycles. The van der Waals surface area contributed by atoms with Gasteiger partial charge in [-0.1, -0.05) is 139 Å². The number of furan rings is 1. The van der Waals surface area contributed by atoms with Gasteiger partial charge >= 0.3 is 0 Å². The Labute approximate surface area is 301 Å². The molecule has 0 radical (unpaired) electrons. The molecule has 0 fully saturated rings. The Morgan fingerprint density at radius 3 is 1.89 bits per heavy atom. The van der Waals surface area contributed by atoms with E-state index in [0.29, 0.717) is 5.56 Å². The van der Waals surface area contributed by atoms with Crippen molar-refractivity contribution in [3.63, 3.8) is 0 Å². The van der Waals surface area contributed by atoms with E-state index in [9.17, 15) is 1.37 Å². The molecule has 0 saturated heterocycles. The summed E-state index contributed by atoms with van der Waals surface area (Å²) in [4.78, 5) is 13.7. The first-order chi connectivity index (χ1) is 32.0. The minimum Gasteiger partial charge on any atom is -0.456 e. The molecule has 4 nitrogen and oxygen atoms in total. The number of nitrogens with zero attached hydrogens (tertiary/aromatic N) is 3. The molecule has 0 N–H and O–H groups in total. The second-order valence-corrected chi connectivity index (χ2v) is 9.99. The monoisotopic (exact) mass is 622 g/mol. The van der Waals surface area contributed by atoms with Crippen LogP contribution in [0.1, 0.15) is 28.8 Å². The molecule has 0 atom stereocenters. The smallest absolute Gasteiger partial charge is 0.164 e. The highest BCUT2D eigenvalue weighted by molar-refractivity contribution is 6.11. The fourth-order valence-corrected chi connectivity index (χ4v) is 4.94. The van der Waals surface area contributed by atoms with E-state index in [1.807, 2.05) is 0 Å². The van der Waals surface area contributed by atoms with Gasteiger partial charge in [-0.15, -0.1) is 0 Å². The highest BCUT2D eigenvalue weighted by atomic mass is 16.3. The Kier molecular flexibility index (Phi) is 3.13. The van der Waals surface area contributed by atoms with Crippen LogP contribution in [0.4, 0.5) is 0 Å². The fraction of sp³-hybridized carbons (Fsp3) is 0. The first kappa shape index (κ1) is 13.1. The third kappa shape index (κ3) is 4.93. The number of aromatic nitrogens is 3. The number of fused-ring (bicyclic) bond motifs is 4. The molecule has 2 aromatic heterocycles. The molecule has 0 saturated carbocycles. The van der Waals surface area contributed by atoms with Crippen molar-refractivity contribution in [2.24, 2.45) is 0 Å². The van der Waals surface area contributed by atoms with E-state index in [4.69, 9.17) is 31.8 Å². The zero-order valence-corrected chi connectivity index (χ0v) is 23.7. The van der Waals surface area contributed by atoms with Crippen molar-refractivity contribution >= 4 is 32.7 Å². The summed E-state index contributed by atoms with van der Waals surface area (Å²) < 4.78 is 190. The third-order valence-corrected chi connectivity index (χ3v) is 7.12. The lowest BCUT2D eigenvalue weighted by molar-refractivity contribution is 0.669. The lowest BCUT2D eigenvalue weighted by Gasteiger charge is -2.11. The van der Waals surface area contributed by atoms with Crippen LogP contribution < -0.4 is 0 Å². The van der Waals surface area contributed by atoms with Gasteiger partial charge in [-0.3, -0.25) is 0 Å². The van der Waals surface area contributed by atoms with Crippen molar-refractivity contribution in [2.75, 3.05) is 0 Å². The van der Waals surface area contributed by atoms with Gasteiger partial charge in [0.25, 0.3) is 0 Å². The quantitative estimate of drug-likeness (QED) is 0.192. The van der Waals surface area contributed by atoms with Gasteiger partial charge in [-0.05, 0) is 57.2 Å². The van der Waals surface area contributed by atoms with Crippen molar-refractivity contribution in [1.82, 2.24) is 15.0 Å². The number of benzene rings is 7. The average molecular weight is 623 g/mol. The molecule has 0 unspecified atom stereocenters. The predicted octanol–water partition coefficient (Wildman–Crippen LogP) is 11.3. The number of rotatable bonds is 5. The molecule has 0 spiro atoms. The predicted molar refractivity (Wildman–Crippen MR) is 192 cm³/mol. The zero-order chi connectivity index (χ0) is 49.4. The van der Waals surface area contributed by atoms with E-state index in [0.717, 1.165) is 6.07 Å². The summed E-state index contributed by atoms with van der Waals surface area (Å²) in [7, 11) is 0. The molecule has 0 aliphatic carbocycles. The van der Waals surface area contributed by atoms with Crippen molar-refractivity contribution in [3.8, 4) is 56.4 Å². The van der Waals surface area contributed by atoms with Gasteiger partial charge in [0, 0.05) is 27.5 Å². The maximum absolute atomic E-state index is 9.51. The normalized spacial score (nSPS) is 17.7. The standard InChI is InChI=1S/C43H27N3O/c1-2-11-31(12-3-1)41-44-42(46-43(45-41)37-17-9-19-39-40(37)36-16-6-7-18-38(36)47-39)35-15-8-14-33(27-35)29-20-22-30(23-21-29)34-25-24-28-10-4-5-13-32(28)26-34/h1-27H/i4D,5D,6D,7D,9D,10D,13D,14D,15D,16D,17D,18D,19D,20D,21D,22D,23D,24D,25D,26D,27D. The number of para-hydroxylation sites is 1. The molecule has 0 amide bonds. The van der Waals surface area contributed by atoms with Crippen molar-refractivity contribution in [1.29, 1.82) is 0 Å². The summed E-state index contributed by atoms with van der Waals surface area (Å²) in [6.45, 7) is 0. The van der Waals surface area contributed by atoms with E-state index in [-0.39, 0.29) is 33.3 Å². The van der Waals surface area contributed by atoms with Gasteiger partial charge in [0.05, 0.1) is 28.8 Å². The molecule has 2 heterocycles. The van der Waals surface area contributed by atoms with Gasteiger partial charge < -0.3 is 4.42 Å². The lowest BCUT2D eigenvalue weighted by Crippen LogP contribution is -2.00. The van der Waals surface area contributed by atoms with Crippen molar-refractivity contribution in [2.45, 2.75) is 0 Å². The topological polar surface area (TPSA) is 51.8 Å². The van der Waals surface area contributed by atoms with Gasteiger partial charge in [0.1, 0.15) is 11.2 Å². The van der Waals surface area contributed by atoms with Crippen LogP contribution in [0.2, 0.25) is 0 Å². The molecule has 0 aliphatic heterocycles. The zero-order valence-electron chi connectivity index (χ0n) is 44.7. The summed E-state index contributed by atoms with van der Waals surface area (Å²) >= 11 is 0. The van der Waals surface area contributed by atoms with E-state index >= 15 is 0 Å². The van der Waals surface area contributed by atoms with Crippen LogP contribution in [0, 0.1) is 0 Å². The molecule has 220 valence electrons. The fourth-order valence-electron chi connectivity index (χ4n) is 4.94. The molecular weight excluding hydrogens is 574 g/mol. The summed E-state index contributed by atoms with van der Waals surface area (Å²) in [6, 6.07) is -6.09. The van der Waals surface area contributed by atoms with Crippen LogP contribution in [0.3, 0.4) is 0 Å². The first-order valence-electron chi connectivity index (χ1n) is 24.5. The number of hydrogen-bond acceptors (Lipinski definition) is 4. The summed E-state index contributed by atoms with van der Waals surface area (Å²) in [5, 5.41) is -1.41. The Morgan fingerprint density at radius 1 is 0.426 bits per heavy atom. The third-order valence-electron chi connectivity index (χ3n) is 7.12. The van der Waals surface area contributed by atoms with Crippen LogP contribution in [-0.4, -0.2) is 15.0 Å². The van der Waals surface area contributed by atoms with Crippen LogP contribution in [-0.2, 0) is 0 Å². The highest BCUT2D eigenvalue weighted by Crippen LogP contribution is 2.37. The Bertz CT molecular complexity index is 3740. The Hall–Kier alpha value is -6.39. The Balaban J connectivity index is 1.33. The second-order valence-electron chi connectivity index (χ2n) is 9.99. The molecular formula is C43H27N3O. The van der Waals surface area contributed by atoms with Crippen LogP contribution in [0.25, 0.3) is 89.1 Å². The average Bonchev–Trinajstić information content (AvgIpc) is 3.71. The summed E-state index contributed by atoms with van der Waals surface area (Å²) in [5.74, 6) is -1.03. The summed E-state index contributed by atoms with van der Waals surface area (Å²) in [5.41, 5.74) is -3.72. The van der Waals surface area contributed by atoms with Gasteiger partial charge in [0.15, 0.2) is 17.5 Å². The van der Waals surface area contributed by atoms with Crippen LogP contribution >= 0.6 is 0 Å². The van der Waals surface area contributed by atoms with Crippen LogP contribution in [0.15, 0.2) is 168 Å². The highest BCUT2D eigenvalue weighted by Gasteiger charge is 2.18. The maximum atomic E-state index is 9.51.